The van der Waals surface area contributed by atoms with E-state index >= 15 is 0 Å². The van der Waals surface area contributed by atoms with Crippen molar-refractivity contribution in [2.45, 2.75) is 0 Å². The van der Waals surface area contributed by atoms with Gasteiger partial charge in [-0.25, -0.2) is 4.79 Å². The van der Waals surface area contributed by atoms with E-state index in [0.29, 0.717) is 10.8 Å². The quantitative estimate of drug-likeness (QED) is 0.487. The molecule has 0 radical (unpaired) electrons. The first-order valence-electron chi connectivity index (χ1n) is 5.81. The Labute approximate surface area is 125 Å². The van der Waals surface area contributed by atoms with Crippen LogP contribution in [0.4, 0.5) is 5.69 Å². The number of benzene rings is 2. The number of nitro groups is 1. The number of ether oxygens (including phenoxy) is 2. The highest BCUT2D eigenvalue weighted by Gasteiger charge is 2.19. The summed E-state index contributed by atoms with van der Waals surface area (Å²) in [6, 6.07) is 10.1. The summed E-state index contributed by atoms with van der Waals surface area (Å²) in [5.74, 6) is -0.348. The molecule has 0 aliphatic heterocycles. The molecule has 0 spiro atoms. The van der Waals surface area contributed by atoms with E-state index in [1.807, 2.05) is 0 Å². The number of carbonyl (C=O) groups is 1. The number of methoxy groups -OCH3 is 1. The molecule has 0 unspecified atom stereocenters. The number of hydrogen-bond donors (Lipinski definition) is 0. The summed E-state index contributed by atoms with van der Waals surface area (Å²) >= 11 is 5.83. The molecule has 0 amide bonds. The lowest BCUT2D eigenvalue weighted by atomic mass is 10.2. The molecule has 2 aromatic carbocycles. The Morgan fingerprint density at radius 3 is 2.62 bits per heavy atom. The summed E-state index contributed by atoms with van der Waals surface area (Å²) in [6.07, 6.45) is 0. The number of rotatable bonds is 4. The molecule has 0 heterocycles. The van der Waals surface area contributed by atoms with Crippen molar-refractivity contribution in [3.8, 4) is 11.5 Å². The summed E-state index contributed by atoms with van der Waals surface area (Å²) in [6.45, 7) is 0. The summed E-state index contributed by atoms with van der Waals surface area (Å²) in [7, 11) is 1.22. The molecule has 108 valence electrons. The van der Waals surface area contributed by atoms with Crippen LogP contribution in [0.1, 0.15) is 10.4 Å². The van der Waals surface area contributed by atoms with E-state index in [2.05, 4.69) is 4.74 Å². The maximum absolute atomic E-state index is 11.5. The van der Waals surface area contributed by atoms with Gasteiger partial charge in [0.1, 0.15) is 5.75 Å². The van der Waals surface area contributed by atoms with E-state index in [-0.39, 0.29) is 17.0 Å². The summed E-state index contributed by atoms with van der Waals surface area (Å²) in [5, 5.41) is 11.4. The number of esters is 1. The Hall–Kier alpha value is -2.60. The van der Waals surface area contributed by atoms with Crippen LogP contribution in [0.5, 0.6) is 11.5 Å². The van der Waals surface area contributed by atoms with Crippen LogP contribution in [-0.4, -0.2) is 18.0 Å². The van der Waals surface area contributed by atoms with Crippen LogP contribution in [0.3, 0.4) is 0 Å². The highest BCUT2D eigenvalue weighted by molar-refractivity contribution is 6.30. The smallest absolute Gasteiger partial charge is 0.337 e. The van der Waals surface area contributed by atoms with Crippen molar-refractivity contribution >= 4 is 23.3 Å². The fourth-order valence-electron chi connectivity index (χ4n) is 1.65. The van der Waals surface area contributed by atoms with Crippen LogP contribution in [-0.2, 0) is 4.74 Å². The van der Waals surface area contributed by atoms with Gasteiger partial charge in [-0.05, 0) is 24.3 Å². The average Bonchev–Trinajstić information content (AvgIpc) is 2.46. The third-order valence-corrected chi connectivity index (χ3v) is 2.84. The largest absolute Gasteiger partial charge is 0.465 e. The minimum atomic E-state index is -0.610. The first kappa shape index (κ1) is 14.8. The lowest BCUT2D eigenvalue weighted by Crippen LogP contribution is -2.02. The van der Waals surface area contributed by atoms with Crippen molar-refractivity contribution in [2.75, 3.05) is 7.11 Å². The van der Waals surface area contributed by atoms with Gasteiger partial charge in [0.05, 0.1) is 17.6 Å². The Balaban J connectivity index is 2.43. The minimum absolute atomic E-state index is 0.0647. The second-order valence-corrected chi connectivity index (χ2v) is 4.43. The van der Waals surface area contributed by atoms with Gasteiger partial charge >= 0.3 is 11.7 Å². The third-order valence-electron chi connectivity index (χ3n) is 2.60. The topological polar surface area (TPSA) is 78.7 Å². The lowest BCUT2D eigenvalue weighted by Gasteiger charge is -2.08. The first-order valence-corrected chi connectivity index (χ1v) is 6.19. The van der Waals surface area contributed by atoms with Gasteiger partial charge in [0.15, 0.2) is 0 Å². The van der Waals surface area contributed by atoms with Crippen LogP contribution >= 0.6 is 11.6 Å². The van der Waals surface area contributed by atoms with E-state index < -0.39 is 10.9 Å². The zero-order valence-corrected chi connectivity index (χ0v) is 11.7. The normalized spacial score (nSPS) is 10.0. The molecule has 21 heavy (non-hydrogen) atoms. The molecule has 0 saturated carbocycles. The fourth-order valence-corrected chi connectivity index (χ4v) is 1.83. The molecular formula is C14H10ClNO5. The Bertz CT molecular complexity index is 702. The number of carbonyl (C=O) groups excluding carboxylic acids is 1. The summed E-state index contributed by atoms with van der Waals surface area (Å²) in [5.41, 5.74) is -0.109. The third kappa shape index (κ3) is 3.49. The maximum atomic E-state index is 11.5. The monoisotopic (exact) mass is 307 g/mol. The molecule has 0 saturated heterocycles. The molecule has 6 nitrogen and oxygen atoms in total. The second-order valence-electron chi connectivity index (χ2n) is 3.99. The molecule has 2 rings (SSSR count). The standard InChI is InChI=1S/C14H10ClNO5/c1-20-14(17)9-5-6-12(16(18)19)13(7-9)21-11-4-2-3-10(15)8-11/h2-8H,1H3. The highest BCUT2D eigenvalue weighted by Crippen LogP contribution is 2.33. The van der Waals surface area contributed by atoms with Crippen molar-refractivity contribution < 1.29 is 19.2 Å². The molecule has 2 aromatic rings. The van der Waals surface area contributed by atoms with Gasteiger partial charge in [-0.3, -0.25) is 10.1 Å². The molecule has 0 fully saturated rings. The van der Waals surface area contributed by atoms with Gasteiger partial charge in [-0.2, -0.15) is 0 Å². The molecule has 0 aliphatic carbocycles. The Morgan fingerprint density at radius 2 is 2.00 bits per heavy atom. The van der Waals surface area contributed by atoms with Gasteiger partial charge in [-0.15, -0.1) is 0 Å². The highest BCUT2D eigenvalue weighted by atomic mass is 35.5. The van der Waals surface area contributed by atoms with Gasteiger partial charge in [0.2, 0.25) is 5.75 Å². The predicted molar refractivity (Wildman–Crippen MR) is 76.0 cm³/mol. The van der Waals surface area contributed by atoms with Crippen LogP contribution in [0.15, 0.2) is 42.5 Å². The first-order chi connectivity index (χ1) is 10.0. The SMILES string of the molecule is COC(=O)c1ccc([N+](=O)[O-])c(Oc2cccc(Cl)c2)c1. The Kier molecular flexibility index (Phi) is 4.39. The predicted octanol–water partition coefficient (Wildman–Crippen LogP) is 3.83. The number of nitro benzene ring substituents is 1. The van der Waals surface area contributed by atoms with Crippen molar-refractivity contribution in [3.63, 3.8) is 0 Å². The zero-order chi connectivity index (χ0) is 15.4. The minimum Gasteiger partial charge on any atom is -0.465 e. The molecule has 7 heteroatoms. The average molecular weight is 308 g/mol. The van der Waals surface area contributed by atoms with Crippen molar-refractivity contribution in [1.29, 1.82) is 0 Å². The van der Waals surface area contributed by atoms with Crippen LogP contribution in [0.25, 0.3) is 0 Å². The molecule has 0 N–H and O–H groups in total. The summed E-state index contributed by atoms with van der Waals surface area (Å²) < 4.78 is 10.0. The molecule has 0 atom stereocenters. The zero-order valence-electron chi connectivity index (χ0n) is 10.9. The number of nitrogens with zero attached hydrogens (tertiary/aromatic N) is 1. The van der Waals surface area contributed by atoms with Gasteiger partial charge < -0.3 is 9.47 Å². The van der Waals surface area contributed by atoms with Gasteiger partial charge in [-0.1, -0.05) is 17.7 Å². The van der Waals surface area contributed by atoms with Crippen LogP contribution < -0.4 is 4.74 Å². The van der Waals surface area contributed by atoms with E-state index in [9.17, 15) is 14.9 Å². The van der Waals surface area contributed by atoms with Crippen molar-refractivity contribution in [1.82, 2.24) is 0 Å². The molecular weight excluding hydrogens is 298 g/mol. The Morgan fingerprint density at radius 1 is 1.24 bits per heavy atom. The summed E-state index contributed by atoms with van der Waals surface area (Å²) in [4.78, 5) is 21.9. The van der Waals surface area contributed by atoms with E-state index in [1.54, 1.807) is 18.2 Å². The van der Waals surface area contributed by atoms with Crippen LogP contribution in [0.2, 0.25) is 5.02 Å². The second kappa shape index (κ2) is 6.23. The van der Waals surface area contributed by atoms with Crippen LogP contribution in [0, 0.1) is 10.1 Å². The van der Waals surface area contributed by atoms with Crippen molar-refractivity contribution in [2.24, 2.45) is 0 Å². The van der Waals surface area contributed by atoms with Gasteiger partial charge in [0, 0.05) is 17.2 Å². The molecule has 0 aliphatic rings. The van der Waals surface area contributed by atoms with Gasteiger partial charge in [0.25, 0.3) is 0 Å². The fraction of sp³-hybridized carbons (Fsp3) is 0.0714. The number of hydrogen-bond acceptors (Lipinski definition) is 5. The maximum Gasteiger partial charge on any atom is 0.337 e. The van der Waals surface area contributed by atoms with E-state index in [0.717, 1.165) is 0 Å². The van der Waals surface area contributed by atoms with E-state index in [1.165, 1.54) is 31.4 Å². The van der Waals surface area contributed by atoms with Crippen molar-refractivity contribution in [3.05, 3.63) is 63.2 Å². The molecule has 0 aromatic heterocycles. The lowest BCUT2D eigenvalue weighted by molar-refractivity contribution is -0.385. The van der Waals surface area contributed by atoms with E-state index in [4.69, 9.17) is 16.3 Å². The number of halogens is 1. The molecule has 0 bridgehead atoms.